The van der Waals surface area contributed by atoms with E-state index < -0.39 is 0 Å². The quantitative estimate of drug-likeness (QED) is 0.749. The van der Waals surface area contributed by atoms with Crippen molar-refractivity contribution in [1.82, 2.24) is 14.5 Å². The van der Waals surface area contributed by atoms with Crippen LogP contribution in [0, 0.1) is 5.92 Å². The number of alkyl halides is 1. The van der Waals surface area contributed by atoms with E-state index in [4.69, 9.17) is 11.6 Å². The Morgan fingerprint density at radius 1 is 1.33 bits per heavy atom. The first-order valence-electron chi connectivity index (χ1n) is 7.64. The van der Waals surface area contributed by atoms with Gasteiger partial charge < -0.3 is 9.47 Å². The normalized spacial score (nSPS) is 17.7. The molecule has 1 aromatic carbocycles. The molecule has 0 radical (unpaired) electrons. The van der Waals surface area contributed by atoms with Crippen LogP contribution in [0.25, 0.3) is 11.0 Å². The molecule has 1 aromatic heterocycles. The van der Waals surface area contributed by atoms with Crippen molar-refractivity contribution in [2.45, 2.75) is 32.2 Å². The fourth-order valence-electron chi connectivity index (χ4n) is 3.19. The van der Waals surface area contributed by atoms with Gasteiger partial charge in [-0.3, -0.25) is 0 Å². The third-order valence-electron chi connectivity index (χ3n) is 4.50. The molecule has 2 heterocycles. The predicted octanol–water partition coefficient (Wildman–Crippen LogP) is 4.27. The highest BCUT2D eigenvalue weighted by Crippen LogP contribution is 2.26. The summed E-state index contributed by atoms with van der Waals surface area (Å²) < 4.78 is 3.41. The van der Waals surface area contributed by atoms with Gasteiger partial charge in [0, 0.05) is 11.0 Å². The lowest BCUT2D eigenvalue weighted by atomic mass is 9.96. The lowest BCUT2D eigenvalue weighted by molar-refractivity contribution is 0.181. The van der Waals surface area contributed by atoms with Crippen LogP contribution in [0.5, 0.6) is 0 Å². The van der Waals surface area contributed by atoms with Gasteiger partial charge in [0.2, 0.25) is 0 Å². The number of benzene rings is 1. The van der Waals surface area contributed by atoms with Gasteiger partial charge in [0.1, 0.15) is 5.82 Å². The van der Waals surface area contributed by atoms with Crippen molar-refractivity contribution in [3.8, 4) is 0 Å². The van der Waals surface area contributed by atoms with Crippen molar-refractivity contribution >= 4 is 38.6 Å². The van der Waals surface area contributed by atoms with Crippen LogP contribution in [-0.2, 0) is 12.4 Å². The maximum atomic E-state index is 6.10. The Morgan fingerprint density at radius 2 is 2.10 bits per heavy atom. The van der Waals surface area contributed by atoms with E-state index in [9.17, 15) is 0 Å². The Labute approximate surface area is 139 Å². The minimum absolute atomic E-state index is 0.472. The summed E-state index contributed by atoms with van der Waals surface area (Å²) in [5, 5.41) is 0. The molecule has 1 fully saturated rings. The van der Waals surface area contributed by atoms with Crippen LogP contribution < -0.4 is 0 Å². The van der Waals surface area contributed by atoms with E-state index >= 15 is 0 Å². The number of piperidine rings is 1. The van der Waals surface area contributed by atoms with Gasteiger partial charge in [-0.2, -0.15) is 0 Å². The molecule has 0 atom stereocenters. The number of likely N-dealkylation sites (tertiary alicyclic amines) is 1. The molecule has 0 saturated carbocycles. The first kappa shape index (κ1) is 15.3. The largest absolute Gasteiger partial charge is 0.327 e. The fourth-order valence-corrected chi connectivity index (χ4v) is 3.75. The van der Waals surface area contributed by atoms with E-state index in [1.807, 2.05) is 6.07 Å². The molecule has 0 aliphatic carbocycles. The van der Waals surface area contributed by atoms with Crippen LogP contribution in [0.2, 0.25) is 0 Å². The van der Waals surface area contributed by atoms with Crippen LogP contribution in [-0.4, -0.2) is 34.1 Å². The molecule has 0 bridgehead atoms. The zero-order chi connectivity index (χ0) is 14.8. The second kappa shape index (κ2) is 6.67. The number of nitrogens with zero attached hydrogens (tertiary/aromatic N) is 3. The summed E-state index contributed by atoms with van der Waals surface area (Å²) in [5.41, 5.74) is 2.23. The van der Waals surface area contributed by atoms with E-state index in [0.717, 1.165) is 28.3 Å². The first-order chi connectivity index (χ1) is 10.2. The van der Waals surface area contributed by atoms with Gasteiger partial charge in [0.05, 0.1) is 16.9 Å². The van der Waals surface area contributed by atoms with E-state index in [-0.39, 0.29) is 0 Å². The van der Waals surface area contributed by atoms with Gasteiger partial charge in [-0.25, -0.2) is 4.98 Å². The van der Waals surface area contributed by atoms with Crippen molar-refractivity contribution in [3.05, 3.63) is 28.5 Å². The van der Waals surface area contributed by atoms with Crippen molar-refractivity contribution < 1.29 is 0 Å². The summed E-state index contributed by atoms with van der Waals surface area (Å²) >= 11 is 9.66. The zero-order valence-electron chi connectivity index (χ0n) is 12.4. The Kier molecular flexibility index (Phi) is 4.87. The molecular weight excluding hydrogens is 350 g/mol. The first-order valence-corrected chi connectivity index (χ1v) is 8.97. The van der Waals surface area contributed by atoms with E-state index in [1.54, 1.807) is 0 Å². The highest BCUT2D eigenvalue weighted by molar-refractivity contribution is 9.10. The molecule has 21 heavy (non-hydrogen) atoms. The highest BCUT2D eigenvalue weighted by Gasteiger charge is 2.20. The SMILES string of the molecule is CCN1CCC(Cn2c(CCl)nc3ccc(Br)cc32)CC1. The average Bonchev–Trinajstić information content (AvgIpc) is 2.85. The van der Waals surface area contributed by atoms with Crippen LogP contribution in [0.3, 0.4) is 0 Å². The van der Waals surface area contributed by atoms with Crippen molar-refractivity contribution in [3.63, 3.8) is 0 Å². The lowest BCUT2D eigenvalue weighted by Gasteiger charge is -2.31. The number of imidazole rings is 1. The van der Waals surface area contributed by atoms with Crippen LogP contribution in [0.4, 0.5) is 0 Å². The minimum atomic E-state index is 0.472. The molecule has 2 aromatic rings. The molecule has 0 amide bonds. The summed E-state index contributed by atoms with van der Waals surface area (Å²) in [6.07, 6.45) is 2.53. The monoisotopic (exact) mass is 369 g/mol. The van der Waals surface area contributed by atoms with Gasteiger partial charge >= 0.3 is 0 Å². The van der Waals surface area contributed by atoms with Gasteiger partial charge in [-0.05, 0) is 56.6 Å². The Morgan fingerprint density at radius 3 is 2.76 bits per heavy atom. The zero-order valence-corrected chi connectivity index (χ0v) is 14.7. The van der Waals surface area contributed by atoms with E-state index in [0.29, 0.717) is 5.88 Å². The molecule has 0 unspecified atom stereocenters. The Bertz CT molecular complexity index is 617. The van der Waals surface area contributed by atoms with Crippen LogP contribution in [0.1, 0.15) is 25.6 Å². The summed E-state index contributed by atoms with van der Waals surface area (Å²) in [5.74, 6) is 2.19. The van der Waals surface area contributed by atoms with Gasteiger partial charge in [0.15, 0.2) is 0 Å². The second-order valence-corrected chi connectivity index (χ2v) is 6.97. The number of hydrogen-bond acceptors (Lipinski definition) is 2. The molecule has 1 saturated heterocycles. The predicted molar refractivity (Wildman–Crippen MR) is 91.8 cm³/mol. The molecule has 0 spiro atoms. The Hall–Kier alpha value is -0.580. The number of aromatic nitrogens is 2. The molecule has 0 N–H and O–H groups in total. The third kappa shape index (κ3) is 3.27. The molecule has 1 aliphatic heterocycles. The fraction of sp³-hybridized carbons (Fsp3) is 0.562. The maximum absolute atomic E-state index is 6.10. The molecule has 3 rings (SSSR count). The van der Waals surface area contributed by atoms with Gasteiger partial charge in [-0.15, -0.1) is 11.6 Å². The molecule has 3 nitrogen and oxygen atoms in total. The minimum Gasteiger partial charge on any atom is -0.327 e. The standard InChI is InChI=1S/C16H21BrClN3/c1-2-20-7-5-12(6-8-20)11-21-15-9-13(17)3-4-14(15)19-16(21)10-18/h3-4,9,12H,2,5-8,10-11H2,1H3. The van der Waals surface area contributed by atoms with Crippen molar-refractivity contribution in [2.24, 2.45) is 5.92 Å². The molecule has 114 valence electrons. The Balaban J connectivity index is 1.84. The van der Waals surface area contributed by atoms with E-state index in [2.05, 4.69) is 49.4 Å². The topological polar surface area (TPSA) is 21.1 Å². The van der Waals surface area contributed by atoms with Gasteiger partial charge in [0.25, 0.3) is 0 Å². The van der Waals surface area contributed by atoms with Crippen LogP contribution in [0.15, 0.2) is 22.7 Å². The molecule has 1 aliphatic rings. The average molecular weight is 371 g/mol. The highest BCUT2D eigenvalue weighted by atomic mass is 79.9. The summed E-state index contributed by atoms with van der Waals surface area (Å²) in [6, 6.07) is 6.25. The van der Waals surface area contributed by atoms with Crippen LogP contribution >= 0.6 is 27.5 Å². The number of hydrogen-bond donors (Lipinski definition) is 0. The second-order valence-electron chi connectivity index (χ2n) is 5.78. The van der Waals surface area contributed by atoms with Gasteiger partial charge in [-0.1, -0.05) is 22.9 Å². The third-order valence-corrected chi connectivity index (χ3v) is 5.24. The van der Waals surface area contributed by atoms with Crippen molar-refractivity contribution in [1.29, 1.82) is 0 Å². The lowest BCUT2D eigenvalue weighted by Crippen LogP contribution is -2.34. The summed E-state index contributed by atoms with van der Waals surface area (Å²) in [4.78, 5) is 7.20. The number of rotatable bonds is 4. The van der Waals surface area contributed by atoms with E-state index in [1.165, 1.54) is 38.0 Å². The summed E-state index contributed by atoms with van der Waals surface area (Å²) in [6.45, 7) is 6.88. The number of fused-ring (bicyclic) bond motifs is 1. The van der Waals surface area contributed by atoms with Crippen molar-refractivity contribution in [2.75, 3.05) is 19.6 Å². The maximum Gasteiger partial charge on any atom is 0.124 e. The molecular formula is C16H21BrClN3. The number of halogens is 2. The smallest absolute Gasteiger partial charge is 0.124 e. The molecule has 5 heteroatoms. The summed E-state index contributed by atoms with van der Waals surface area (Å²) in [7, 11) is 0.